The summed E-state index contributed by atoms with van der Waals surface area (Å²) in [5, 5.41) is 0.152. The van der Waals surface area contributed by atoms with Crippen molar-refractivity contribution in [2.45, 2.75) is 49.4 Å². The summed E-state index contributed by atoms with van der Waals surface area (Å²) in [4.78, 5) is 16.0. The zero-order valence-electron chi connectivity index (χ0n) is 16.4. The minimum Gasteiger partial charge on any atom is -0.465 e. The highest BCUT2D eigenvalue weighted by atomic mass is 32.2. The van der Waals surface area contributed by atoms with Gasteiger partial charge >= 0.3 is 5.97 Å². The summed E-state index contributed by atoms with van der Waals surface area (Å²) < 4.78 is 33.7. The van der Waals surface area contributed by atoms with Crippen LogP contribution in [-0.4, -0.2) is 41.5 Å². The lowest BCUT2D eigenvalue weighted by molar-refractivity contribution is 0.0600. The van der Waals surface area contributed by atoms with E-state index in [9.17, 15) is 9.00 Å². The van der Waals surface area contributed by atoms with Crippen molar-refractivity contribution >= 4 is 23.8 Å². The highest BCUT2D eigenvalue weighted by Gasteiger charge is 2.22. The van der Waals surface area contributed by atoms with Crippen molar-refractivity contribution in [3.63, 3.8) is 0 Å². The molecule has 0 aliphatic heterocycles. The molecule has 0 radical (unpaired) electrons. The van der Waals surface area contributed by atoms with E-state index in [1.807, 2.05) is 6.92 Å². The van der Waals surface area contributed by atoms with Crippen LogP contribution in [0.5, 0.6) is 0 Å². The van der Waals surface area contributed by atoms with Gasteiger partial charge in [-0.05, 0) is 37.2 Å². The van der Waals surface area contributed by atoms with Crippen molar-refractivity contribution in [2.75, 3.05) is 13.7 Å². The van der Waals surface area contributed by atoms with Crippen LogP contribution < -0.4 is 0 Å². The molecule has 1 heterocycles. The van der Waals surface area contributed by atoms with E-state index in [0.717, 1.165) is 11.7 Å². The predicted octanol–water partition coefficient (Wildman–Crippen LogP) is 3.76. The van der Waals surface area contributed by atoms with Crippen molar-refractivity contribution in [1.82, 2.24) is 9.55 Å². The summed E-state index contributed by atoms with van der Waals surface area (Å²) in [6.07, 6.45) is 1.59. The minimum atomic E-state index is -3.34. The lowest BCUT2D eigenvalue weighted by atomic mass is 10.2. The molecule has 0 saturated heterocycles. The zero-order chi connectivity index (χ0) is 20.2. The fourth-order valence-corrected chi connectivity index (χ4v) is 4.56. The molecule has 9 heteroatoms. The van der Waals surface area contributed by atoms with E-state index in [0.29, 0.717) is 12.2 Å². The third-order valence-corrected chi connectivity index (χ3v) is 7.58. The lowest BCUT2D eigenvalue weighted by Crippen LogP contribution is -2.22. The van der Waals surface area contributed by atoms with Gasteiger partial charge < -0.3 is 9.47 Å². The normalized spacial score (nSPS) is 14.0. The molecule has 1 unspecified atom stereocenters. The van der Waals surface area contributed by atoms with Crippen LogP contribution in [0.1, 0.15) is 16.1 Å². The van der Waals surface area contributed by atoms with Crippen LogP contribution in [0.4, 0.5) is 0 Å². The van der Waals surface area contributed by atoms with Gasteiger partial charge in [0.2, 0.25) is 5.16 Å². The Balaban J connectivity index is 2.22. The molecule has 0 fully saturated rings. The van der Waals surface area contributed by atoms with E-state index in [2.05, 4.69) is 29.4 Å². The number of hydrogen-bond donors (Lipinski definition) is 1. The number of aryl methyl sites for hydroxylation is 1. The molecular weight excluding hydrogens is 382 g/mol. The number of carbonyl (C=O) groups is 1. The molecule has 7 nitrogen and oxygen atoms in total. The first-order valence-electron chi connectivity index (χ1n) is 8.63. The molecule has 1 N–H and O–H groups in total. The molecule has 1 aromatic carbocycles. The van der Waals surface area contributed by atoms with E-state index in [1.165, 1.54) is 31.4 Å². The second-order valence-corrected chi connectivity index (χ2v) is 15.1. The summed E-state index contributed by atoms with van der Waals surface area (Å²) in [6, 6.07) is 7.03. The van der Waals surface area contributed by atoms with Crippen LogP contribution in [0.25, 0.3) is 0 Å². The van der Waals surface area contributed by atoms with Crippen molar-refractivity contribution in [3.05, 3.63) is 41.7 Å². The highest BCUT2D eigenvalue weighted by Crippen LogP contribution is 2.22. The number of benzene rings is 1. The minimum absolute atomic E-state index is 0.152. The maximum Gasteiger partial charge on any atom is 0.337 e. The molecule has 27 heavy (non-hydrogen) atoms. The number of nitrogens with zero attached hydrogens (tertiary/aromatic N) is 2. The first kappa shape index (κ1) is 21.3. The van der Waals surface area contributed by atoms with Crippen LogP contribution in [0.15, 0.2) is 40.5 Å². The second kappa shape index (κ2) is 8.36. The number of aromatic nitrogens is 2. The molecule has 0 bridgehead atoms. The van der Waals surface area contributed by atoms with E-state index < -0.39 is 23.8 Å². The van der Waals surface area contributed by atoms with Crippen molar-refractivity contribution in [2.24, 2.45) is 0 Å². The van der Waals surface area contributed by atoms with E-state index in [1.54, 1.807) is 10.8 Å². The Bertz CT molecular complexity index is 900. The molecule has 2 rings (SSSR count). The third-order valence-electron chi connectivity index (χ3n) is 4.10. The average molecular weight is 410 g/mol. The van der Waals surface area contributed by atoms with Gasteiger partial charge in [0.05, 0.1) is 17.6 Å². The Kier molecular flexibility index (Phi) is 6.61. The van der Waals surface area contributed by atoms with Crippen LogP contribution in [0, 0.1) is 11.7 Å². The van der Waals surface area contributed by atoms with E-state index >= 15 is 0 Å². The first-order chi connectivity index (χ1) is 12.6. The molecule has 1 aromatic heterocycles. The lowest BCUT2D eigenvalue weighted by Gasteiger charge is -2.17. The zero-order valence-corrected chi connectivity index (χ0v) is 18.3. The summed E-state index contributed by atoms with van der Waals surface area (Å²) >= 11 is 0. The van der Waals surface area contributed by atoms with Gasteiger partial charge in [0.15, 0.2) is 0 Å². The van der Waals surface area contributed by atoms with Crippen molar-refractivity contribution in [1.29, 1.82) is 4.78 Å². The van der Waals surface area contributed by atoms with Crippen molar-refractivity contribution in [3.8, 4) is 0 Å². The molecule has 1 atom stereocenters. The van der Waals surface area contributed by atoms with Crippen LogP contribution in [0.3, 0.4) is 0 Å². The Hall–Kier alpha value is -1.97. The van der Waals surface area contributed by atoms with Gasteiger partial charge in [-0.25, -0.2) is 18.8 Å². The van der Waals surface area contributed by atoms with E-state index in [-0.39, 0.29) is 16.8 Å². The number of imidazole rings is 1. The number of rotatable bonds is 8. The van der Waals surface area contributed by atoms with Crippen LogP contribution >= 0.6 is 0 Å². The molecule has 0 spiro atoms. The monoisotopic (exact) mass is 409 g/mol. The van der Waals surface area contributed by atoms with Gasteiger partial charge in [-0.2, -0.15) is 0 Å². The number of ether oxygens (including phenoxy) is 2. The summed E-state index contributed by atoms with van der Waals surface area (Å²) in [5.41, 5.74) is 1.12. The molecule has 0 aliphatic rings. The van der Waals surface area contributed by atoms with Gasteiger partial charge in [-0.1, -0.05) is 19.6 Å². The topological polar surface area (TPSA) is 94.3 Å². The molecular formula is C18H27N3O4SSi. The smallest absolute Gasteiger partial charge is 0.337 e. The molecule has 148 valence electrons. The fraction of sp³-hybridized carbons (Fsp3) is 0.444. The highest BCUT2D eigenvalue weighted by molar-refractivity contribution is 7.92. The Labute approximate surface area is 161 Å². The number of carbonyl (C=O) groups excluding carboxylic acids is 1. The van der Waals surface area contributed by atoms with Gasteiger partial charge in [-0.3, -0.25) is 4.57 Å². The number of methoxy groups -OCH3 is 1. The van der Waals surface area contributed by atoms with Gasteiger partial charge in [0.1, 0.15) is 16.5 Å². The maximum atomic E-state index is 13.2. The predicted molar refractivity (Wildman–Crippen MR) is 106 cm³/mol. The number of nitrogens with one attached hydrogen (secondary N) is 1. The number of esters is 1. The van der Waals surface area contributed by atoms with Crippen LogP contribution in [0.2, 0.25) is 25.7 Å². The first-order valence-corrected chi connectivity index (χ1v) is 13.9. The van der Waals surface area contributed by atoms with E-state index in [4.69, 9.17) is 9.52 Å². The van der Waals surface area contributed by atoms with Crippen LogP contribution in [-0.2, 0) is 25.9 Å². The SMILES string of the molecule is COC(=O)c1ccc(S(=N)(=O)c2ncc(C)n2COCC[Si](C)(C)C)cc1. The Morgan fingerprint density at radius 1 is 1.26 bits per heavy atom. The Morgan fingerprint density at radius 3 is 2.44 bits per heavy atom. The molecule has 0 aliphatic carbocycles. The Morgan fingerprint density at radius 2 is 1.89 bits per heavy atom. The quantitative estimate of drug-likeness (QED) is 0.407. The summed E-state index contributed by atoms with van der Waals surface area (Å²) in [5.74, 6) is -0.480. The fourth-order valence-electron chi connectivity index (χ4n) is 2.37. The van der Waals surface area contributed by atoms with Gasteiger partial charge in [0, 0.05) is 26.6 Å². The molecule has 0 saturated carbocycles. The largest absolute Gasteiger partial charge is 0.465 e. The maximum absolute atomic E-state index is 13.2. The second-order valence-electron chi connectivity index (χ2n) is 7.53. The third kappa shape index (κ3) is 5.27. The number of hydrogen-bond acceptors (Lipinski definition) is 6. The van der Waals surface area contributed by atoms with Crippen molar-refractivity contribution < 1.29 is 18.5 Å². The van der Waals surface area contributed by atoms with Gasteiger partial charge in [0.25, 0.3) is 0 Å². The molecule has 0 amide bonds. The van der Waals surface area contributed by atoms with Gasteiger partial charge in [-0.15, -0.1) is 0 Å². The summed E-state index contributed by atoms with van der Waals surface area (Å²) in [6.45, 7) is 9.51. The average Bonchev–Trinajstić information content (AvgIpc) is 2.98. The summed E-state index contributed by atoms with van der Waals surface area (Å²) in [7, 11) is -3.23. The molecule has 2 aromatic rings. The standard InChI is InChI=1S/C18H27N3O4SSi/c1-14-12-20-18(21(14)13-25-10-11-27(3,4)5)26(19,23)16-8-6-15(7-9-16)17(22)24-2/h6-9,12,19H,10-11,13H2,1-5H3.